The fourth-order valence-corrected chi connectivity index (χ4v) is 3.77. The molecule has 4 nitrogen and oxygen atoms in total. The smallest absolute Gasteiger partial charge is 0.151 e. The summed E-state index contributed by atoms with van der Waals surface area (Å²) in [5.41, 5.74) is 2.06. The van der Waals surface area contributed by atoms with E-state index in [0.717, 1.165) is 36.2 Å². The molecule has 120 valence electrons. The predicted molar refractivity (Wildman–Crippen MR) is 93.5 cm³/mol. The Kier molecular flexibility index (Phi) is 4.00. The number of aromatic nitrogens is 2. The lowest BCUT2D eigenvalue weighted by atomic mass is 9.97. The maximum atomic E-state index is 4.43. The molecule has 0 radical (unpaired) electrons. The van der Waals surface area contributed by atoms with Crippen LogP contribution in [-0.4, -0.2) is 46.8 Å². The molecule has 0 aliphatic carbocycles. The highest BCUT2D eigenvalue weighted by Gasteiger charge is 2.35. The van der Waals surface area contributed by atoms with Crippen molar-refractivity contribution in [2.24, 2.45) is 0 Å². The summed E-state index contributed by atoms with van der Waals surface area (Å²) < 4.78 is 0. The fourth-order valence-electron chi connectivity index (χ4n) is 3.77. The molecule has 0 saturated carbocycles. The summed E-state index contributed by atoms with van der Waals surface area (Å²) in [5, 5.41) is 8.83. The summed E-state index contributed by atoms with van der Waals surface area (Å²) in [7, 11) is 0. The number of rotatable bonds is 3. The van der Waals surface area contributed by atoms with Crippen molar-refractivity contribution >= 4 is 5.82 Å². The quantitative estimate of drug-likeness (QED) is 0.871. The molecule has 2 aliphatic rings. The summed E-state index contributed by atoms with van der Waals surface area (Å²) in [6, 6.07) is 15.8. The lowest BCUT2D eigenvalue weighted by Gasteiger charge is -2.49. The summed E-state index contributed by atoms with van der Waals surface area (Å²) in [4.78, 5) is 5.03. The number of anilines is 1. The molecule has 3 heterocycles. The van der Waals surface area contributed by atoms with E-state index in [-0.39, 0.29) is 0 Å². The van der Waals surface area contributed by atoms with Crippen molar-refractivity contribution < 1.29 is 0 Å². The average Bonchev–Trinajstić information content (AvgIpc) is 2.57. The Balaban J connectivity index is 1.39. The average molecular weight is 308 g/mol. The van der Waals surface area contributed by atoms with Gasteiger partial charge in [0.05, 0.1) is 5.69 Å². The topological polar surface area (TPSA) is 32.3 Å². The summed E-state index contributed by atoms with van der Waals surface area (Å²) in [5.74, 6) is 1.01. The van der Waals surface area contributed by atoms with Gasteiger partial charge in [-0.3, -0.25) is 4.90 Å². The number of nitrogens with zero attached hydrogens (tertiary/aromatic N) is 4. The lowest BCUT2D eigenvalue weighted by molar-refractivity contribution is 0.0872. The van der Waals surface area contributed by atoms with Crippen LogP contribution in [0.2, 0.25) is 0 Å². The SMILES string of the molecule is C[C@@H]1CCCCN1C1CN(c2ccc(-c3ccccc3)nn2)C1. The van der Waals surface area contributed by atoms with E-state index in [1.807, 2.05) is 18.2 Å². The number of likely N-dealkylation sites (tertiary alicyclic amines) is 1. The lowest BCUT2D eigenvalue weighted by Crippen LogP contribution is -2.62. The van der Waals surface area contributed by atoms with Gasteiger partial charge in [-0.15, -0.1) is 10.2 Å². The molecular weight excluding hydrogens is 284 g/mol. The highest BCUT2D eigenvalue weighted by atomic mass is 15.4. The van der Waals surface area contributed by atoms with Gasteiger partial charge in [-0.05, 0) is 38.4 Å². The molecule has 2 saturated heterocycles. The Morgan fingerprint density at radius 2 is 1.78 bits per heavy atom. The third-order valence-corrected chi connectivity index (χ3v) is 5.23. The van der Waals surface area contributed by atoms with Crippen LogP contribution in [0, 0.1) is 0 Å². The second-order valence-electron chi connectivity index (χ2n) is 6.78. The Bertz CT molecular complexity index is 634. The predicted octanol–water partition coefficient (Wildman–Crippen LogP) is 3.21. The molecule has 0 amide bonds. The zero-order valence-corrected chi connectivity index (χ0v) is 13.7. The first kappa shape index (κ1) is 14.6. The minimum absolute atomic E-state index is 0.695. The molecule has 2 fully saturated rings. The molecule has 1 aromatic carbocycles. The van der Waals surface area contributed by atoms with Crippen molar-refractivity contribution in [3.05, 3.63) is 42.5 Å². The van der Waals surface area contributed by atoms with Gasteiger partial charge in [0.25, 0.3) is 0 Å². The van der Waals surface area contributed by atoms with E-state index < -0.39 is 0 Å². The first-order valence-electron chi connectivity index (χ1n) is 8.71. The molecule has 1 atom stereocenters. The van der Waals surface area contributed by atoms with Gasteiger partial charge >= 0.3 is 0 Å². The molecule has 2 aromatic rings. The molecule has 0 unspecified atom stereocenters. The fraction of sp³-hybridized carbons (Fsp3) is 0.474. The Labute approximate surface area is 138 Å². The van der Waals surface area contributed by atoms with E-state index in [9.17, 15) is 0 Å². The second-order valence-corrected chi connectivity index (χ2v) is 6.78. The second kappa shape index (κ2) is 6.28. The van der Waals surface area contributed by atoms with Gasteiger partial charge in [-0.2, -0.15) is 0 Å². The van der Waals surface area contributed by atoms with Crippen molar-refractivity contribution in [1.29, 1.82) is 0 Å². The van der Waals surface area contributed by atoms with Crippen molar-refractivity contribution in [3.63, 3.8) is 0 Å². The van der Waals surface area contributed by atoms with Gasteiger partial charge < -0.3 is 4.90 Å². The van der Waals surface area contributed by atoms with Crippen molar-refractivity contribution in [2.45, 2.75) is 38.3 Å². The number of piperidine rings is 1. The molecule has 0 bridgehead atoms. The van der Waals surface area contributed by atoms with Crippen LogP contribution < -0.4 is 4.90 Å². The van der Waals surface area contributed by atoms with Crippen LogP contribution in [0.5, 0.6) is 0 Å². The molecule has 0 spiro atoms. The van der Waals surface area contributed by atoms with E-state index in [1.165, 1.54) is 25.8 Å². The summed E-state index contributed by atoms with van der Waals surface area (Å²) in [6.07, 6.45) is 4.09. The van der Waals surface area contributed by atoms with E-state index in [0.29, 0.717) is 6.04 Å². The Morgan fingerprint density at radius 3 is 2.48 bits per heavy atom. The molecule has 23 heavy (non-hydrogen) atoms. The van der Waals surface area contributed by atoms with Gasteiger partial charge in [0.15, 0.2) is 5.82 Å². The molecule has 1 aromatic heterocycles. The van der Waals surface area contributed by atoms with E-state index in [4.69, 9.17) is 0 Å². The van der Waals surface area contributed by atoms with Crippen LogP contribution >= 0.6 is 0 Å². The standard InChI is InChI=1S/C19H24N4/c1-15-7-5-6-12-23(15)17-13-22(14-17)19-11-10-18(20-21-19)16-8-3-2-4-9-16/h2-4,8-11,15,17H,5-7,12-14H2,1H3/t15-/m1/s1. The molecule has 4 heteroatoms. The molecule has 0 N–H and O–H groups in total. The zero-order valence-electron chi connectivity index (χ0n) is 13.7. The highest BCUT2D eigenvalue weighted by molar-refractivity contribution is 5.59. The maximum Gasteiger partial charge on any atom is 0.151 e. The van der Waals surface area contributed by atoms with Gasteiger partial charge in [-0.1, -0.05) is 36.8 Å². The number of benzene rings is 1. The third-order valence-electron chi connectivity index (χ3n) is 5.23. The van der Waals surface area contributed by atoms with Crippen LogP contribution in [0.15, 0.2) is 42.5 Å². The van der Waals surface area contributed by atoms with E-state index in [1.54, 1.807) is 0 Å². The summed E-state index contributed by atoms with van der Waals surface area (Å²) in [6.45, 7) is 5.81. The van der Waals surface area contributed by atoms with Gasteiger partial charge in [-0.25, -0.2) is 0 Å². The third kappa shape index (κ3) is 2.95. The molecule has 2 aliphatic heterocycles. The van der Waals surface area contributed by atoms with Gasteiger partial charge in [0.1, 0.15) is 0 Å². The number of hydrogen-bond acceptors (Lipinski definition) is 4. The van der Waals surface area contributed by atoms with Crippen LogP contribution in [0.4, 0.5) is 5.82 Å². The minimum Gasteiger partial charge on any atom is -0.352 e. The summed E-state index contributed by atoms with van der Waals surface area (Å²) >= 11 is 0. The van der Waals surface area contributed by atoms with Crippen molar-refractivity contribution in [1.82, 2.24) is 15.1 Å². The highest BCUT2D eigenvalue weighted by Crippen LogP contribution is 2.27. The Hall–Kier alpha value is -1.94. The molecule has 4 rings (SSSR count). The van der Waals surface area contributed by atoms with Crippen LogP contribution in [0.25, 0.3) is 11.3 Å². The van der Waals surface area contributed by atoms with Crippen LogP contribution in [-0.2, 0) is 0 Å². The minimum atomic E-state index is 0.695. The van der Waals surface area contributed by atoms with E-state index in [2.05, 4.69) is 51.2 Å². The first-order chi connectivity index (χ1) is 11.3. The van der Waals surface area contributed by atoms with Crippen LogP contribution in [0.1, 0.15) is 26.2 Å². The van der Waals surface area contributed by atoms with Crippen molar-refractivity contribution in [3.8, 4) is 11.3 Å². The van der Waals surface area contributed by atoms with Gasteiger partial charge in [0.2, 0.25) is 0 Å². The maximum absolute atomic E-state index is 4.43. The largest absolute Gasteiger partial charge is 0.352 e. The zero-order chi connectivity index (χ0) is 15.6. The Morgan fingerprint density at radius 1 is 0.957 bits per heavy atom. The first-order valence-corrected chi connectivity index (χ1v) is 8.71. The van der Waals surface area contributed by atoms with E-state index >= 15 is 0 Å². The monoisotopic (exact) mass is 308 g/mol. The van der Waals surface area contributed by atoms with Crippen LogP contribution in [0.3, 0.4) is 0 Å². The normalized spacial score (nSPS) is 22.8. The van der Waals surface area contributed by atoms with Gasteiger partial charge in [0, 0.05) is 30.7 Å². The number of hydrogen-bond donors (Lipinski definition) is 0. The van der Waals surface area contributed by atoms with Crippen molar-refractivity contribution in [2.75, 3.05) is 24.5 Å². The molecular formula is C19H24N4.